The summed E-state index contributed by atoms with van der Waals surface area (Å²) < 4.78 is 0.872. The van der Waals surface area contributed by atoms with E-state index in [9.17, 15) is 0 Å². The quantitative estimate of drug-likeness (QED) is 0.900. The number of halogens is 1. The minimum absolute atomic E-state index is 0.0823. The Morgan fingerprint density at radius 2 is 1.67 bits per heavy atom. The van der Waals surface area contributed by atoms with Gasteiger partial charge in [-0.2, -0.15) is 0 Å². The second-order valence-corrected chi connectivity index (χ2v) is 6.06. The van der Waals surface area contributed by atoms with Gasteiger partial charge in [-0.1, -0.05) is 39.0 Å². The molecule has 1 N–H and O–H groups in total. The summed E-state index contributed by atoms with van der Waals surface area (Å²) in [4.78, 5) is 8.46. The van der Waals surface area contributed by atoms with Crippen molar-refractivity contribution in [2.75, 3.05) is 5.32 Å². The van der Waals surface area contributed by atoms with Crippen LogP contribution in [0.15, 0.2) is 41.1 Å². The second kappa shape index (κ2) is 5.06. The maximum Gasteiger partial charge on any atom is 0.227 e. The topological polar surface area (TPSA) is 37.8 Å². The van der Waals surface area contributed by atoms with Gasteiger partial charge in [0, 0.05) is 18.1 Å². The molecule has 2 aromatic rings. The Hall–Kier alpha value is -1.42. The van der Waals surface area contributed by atoms with Gasteiger partial charge in [0.05, 0.1) is 4.47 Å². The minimum atomic E-state index is 0.0823. The van der Waals surface area contributed by atoms with Crippen LogP contribution in [0.4, 0.5) is 11.6 Å². The number of hydrogen-bond donors (Lipinski definition) is 1. The van der Waals surface area contributed by atoms with Gasteiger partial charge in [-0.15, -0.1) is 0 Å². The molecule has 0 radical (unpaired) electrons. The van der Waals surface area contributed by atoms with E-state index in [2.05, 4.69) is 58.1 Å². The Bertz CT molecular complexity index is 529. The van der Waals surface area contributed by atoms with E-state index in [-0.39, 0.29) is 5.41 Å². The van der Waals surface area contributed by atoms with Gasteiger partial charge in [0.25, 0.3) is 0 Å². The molecule has 0 spiro atoms. The molecule has 0 fully saturated rings. The Morgan fingerprint density at radius 3 is 2.28 bits per heavy atom. The zero-order valence-electron chi connectivity index (χ0n) is 10.7. The van der Waals surface area contributed by atoms with E-state index in [0.717, 1.165) is 10.2 Å². The average molecular weight is 306 g/mol. The van der Waals surface area contributed by atoms with E-state index in [0.29, 0.717) is 5.95 Å². The maximum atomic E-state index is 4.23. The molecule has 4 heteroatoms. The molecule has 0 amide bonds. The zero-order valence-corrected chi connectivity index (χ0v) is 12.3. The van der Waals surface area contributed by atoms with Crippen LogP contribution in [0.3, 0.4) is 0 Å². The van der Waals surface area contributed by atoms with Crippen molar-refractivity contribution < 1.29 is 0 Å². The van der Waals surface area contributed by atoms with Crippen LogP contribution in [0.2, 0.25) is 0 Å². The van der Waals surface area contributed by atoms with Gasteiger partial charge in [0.1, 0.15) is 0 Å². The Morgan fingerprint density at radius 1 is 1.06 bits per heavy atom. The predicted octanol–water partition coefficient (Wildman–Crippen LogP) is 4.28. The molecule has 0 saturated heterocycles. The normalized spacial score (nSPS) is 11.3. The highest BCUT2D eigenvalue weighted by Crippen LogP contribution is 2.30. The summed E-state index contributed by atoms with van der Waals surface area (Å²) in [6.45, 7) is 6.57. The Labute approximate surface area is 116 Å². The number of benzene rings is 1. The van der Waals surface area contributed by atoms with E-state index in [4.69, 9.17) is 0 Å². The van der Waals surface area contributed by atoms with Gasteiger partial charge < -0.3 is 5.32 Å². The van der Waals surface area contributed by atoms with Crippen molar-refractivity contribution >= 4 is 27.6 Å². The first-order chi connectivity index (χ1) is 8.47. The van der Waals surface area contributed by atoms with Crippen molar-refractivity contribution in [2.24, 2.45) is 0 Å². The lowest BCUT2D eigenvalue weighted by Gasteiger charge is -2.22. The van der Waals surface area contributed by atoms with Crippen molar-refractivity contribution in [3.63, 3.8) is 0 Å². The van der Waals surface area contributed by atoms with Crippen LogP contribution in [-0.2, 0) is 5.41 Å². The lowest BCUT2D eigenvalue weighted by molar-refractivity contribution is 0.592. The summed E-state index contributed by atoms with van der Waals surface area (Å²) in [5.74, 6) is 0.606. The number of nitrogens with one attached hydrogen (secondary N) is 1. The zero-order chi connectivity index (χ0) is 13.2. The molecule has 3 nitrogen and oxygen atoms in total. The van der Waals surface area contributed by atoms with Gasteiger partial charge in [0.2, 0.25) is 5.95 Å². The fourth-order valence-electron chi connectivity index (χ4n) is 1.74. The van der Waals surface area contributed by atoms with Gasteiger partial charge in [-0.05, 0) is 33.0 Å². The lowest BCUT2D eigenvalue weighted by Crippen LogP contribution is -2.14. The molecule has 2 rings (SSSR count). The molecular weight excluding hydrogens is 290 g/mol. The van der Waals surface area contributed by atoms with Crippen molar-refractivity contribution in [2.45, 2.75) is 26.2 Å². The highest BCUT2D eigenvalue weighted by Gasteiger charge is 2.17. The summed E-state index contributed by atoms with van der Waals surface area (Å²) in [5.41, 5.74) is 2.38. The van der Waals surface area contributed by atoms with Crippen LogP contribution >= 0.6 is 15.9 Å². The first-order valence-corrected chi connectivity index (χ1v) is 6.60. The van der Waals surface area contributed by atoms with Crippen molar-refractivity contribution in [1.82, 2.24) is 9.97 Å². The smallest absolute Gasteiger partial charge is 0.227 e. The van der Waals surface area contributed by atoms with Crippen LogP contribution in [0.1, 0.15) is 26.3 Å². The minimum Gasteiger partial charge on any atom is -0.324 e. The van der Waals surface area contributed by atoms with Crippen LogP contribution in [-0.4, -0.2) is 9.97 Å². The molecular formula is C14H16BrN3. The van der Waals surface area contributed by atoms with Crippen LogP contribution in [0.25, 0.3) is 0 Å². The van der Waals surface area contributed by atoms with Crippen LogP contribution in [0, 0.1) is 0 Å². The summed E-state index contributed by atoms with van der Waals surface area (Å²) in [6, 6.07) is 8.23. The number of hydrogen-bond acceptors (Lipinski definition) is 3. The molecule has 18 heavy (non-hydrogen) atoms. The van der Waals surface area contributed by atoms with E-state index < -0.39 is 0 Å². The molecule has 1 aromatic carbocycles. The molecule has 0 aliphatic heterocycles. The monoisotopic (exact) mass is 305 g/mol. The summed E-state index contributed by atoms with van der Waals surface area (Å²) >= 11 is 3.32. The number of anilines is 2. The molecule has 0 saturated carbocycles. The molecule has 0 aliphatic carbocycles. The van der Waals surface area contributed by atoms with Crippen molar-refractivity contribution in [3.8, 4) is 0 Å². The van der Waals surface area contributed by atoms with E-state index in [1.807, 2.05) is 18.2 Å². The van der Waals surface area contributed by atoms with E-state index in [1.54, 1.807) is 12.4 Å². The largest absolute Gasteiger partial charge is 0.324 e. The van der Waals surface area contributed by atoms with Crippen molar-refractivity contribution in [1.29, 1.82) is 0 Å². The van der Waals surface area contributed by atoms with Crippen LogP contribution in [0.5, 0.6) is 0 Å². The third kappa shape index (κ3) is 3.07. The summed E-state index contributed by atoms with van der Waals surface area (Å²) in [5, 5.41) is 3.26. The molecule has 1 heterocycles. The molecule has 0 aliphatic rings. The summed E-state index contributed by atoms with van der Waals surface area (Å²) in [7, 11) is 0. The number of nitrogens with zero attached hydrogens (tertiary/aromatic N) is 2. The first kappa shape index (κ1) is 13.0. The molecule has 1 aromatic heterocycles. The first-order valence-electron chi connectivity index (χ1n) is 5.81. The number of para-hydroxylation sites is 1. The van der Waals surface area contributed by atoms with Gasteiger partial charge in [-0.3, -0.25) is 0 Å². The Kier molecular flexibility index (Phi) is 3.66. The highest BCUT2D eigenvalue weighted by molar-refractivity contribution is 9.10. The van der Waals surface area contributed by atoms with Crippen LogP contribution < -0.4 is 5.32 Å². The van der Waals surface area contributed by atoms with Gasteiger partial charge in [0.15, 0.2) is 0 Å². The van der Waals surface area contributed by atoms with Crippen molar-refractivity contribution in [3.05, 3.63) is 46.7 Å². The second-order valence-electron chi connectivity index (χ2n) is 5.15. The maximum absolute atomic E-state index is 4.23. The fraction of sp³-hybridized carbons (Fsp3) is 0.286. The molecule has 94 valence electrons. The summed E-state index contributed by atoms with van der Waals surface area (Å²) in [6.07, 6.45) is 3.46. The Balaban J connectivity index is 2.32. The third-order valence-electron chi connectivity index (χ3n) is 2.60. The highest BCUT2D eigenvalue weighted by atomic mass is 79.9. The predicted molar refractivity (Wildman–Crippen MR) is 78.2 cm³/mol. The number of aromatic nitrogens is 2. The van der Waals surface area contributed by atoms with E-state index >= 15 is 0 Å². The standard InChI is InChI=1S/C14H16BrN3/c1-14(2,3)11-6-4-5-7-12(11)18-13-16-8-10(15)9-17-13/h4-9H,1-3H3,(H,16,17,18). The fourth-order valence-corrected chi connectivity index (χ4v) is 1.95. The number of rotatable bonds is 2. The molecule has 0 unspecified atom stereocenters. The van der Waals surface area contributed by atoms with E-state index in [1.165, 1.54) is 5.56 Å². The third-order valence-corrected chi connectivity index (χ3v) is 3.01. The van der Waals surface area contributed by atoms with Gasteiger partial charge >= 0.3 is 0 Å². The average Bonchev–Trinajstić information content (AvgIpc) is 2.31. The lowest BCUT2D eigenvalue weighted by atomic mass is 9.86. The molecule has 0 bridgehead atoms. The SMILES string of the molecule is CC(C)(C)c1ccccc1Nc1ncc(Br)cn1. The van der Waals surface area contributed by atoms with Gasteiger partial charge in [-0.25, -0.2) is 9.97 Å². The molecule has 0 atom stereocenters.